The van der Waals surface area contributed by atoms with E-state index in [1.54, 1.807) is 6.20 Å². The number of alkyl halides is 1. The minimum Gasteiger partial charge on any atom is -0.363 e. The molecule has 3 rings (SSSR count). The molecule has 0 aliphatic heterocycles. The summed E-state index contributed by atoms with van der Waals surface area (Å²) in [5, 5.41) is 8.02. The average molecular weight is 289 g/mol. The zero-order valence-corrected chi connectivity index (χ0v) is 11.4. The first-order valence-corrected chi connectivity index (χ1v) is 7.07. The summed E-state index contributed by atoms with van der Waals surface area (Å²) in [4.78, 5) is 5.00. The number of hydrogen-bond donors (Lipinski definition) is 1. The van der Waals surface area contributed by atoms with Crippen molar-refractivity contribution in [2.75, 3.05) is 11.3 Å². The topological polar surface area (TPSA) is 51.0 Å². The van der Waals surface area contributed by atoms with Crippen LogP contribution in [-0.4, -0.2) is 16.1 Å². The zero-order valence-electron chi connectivity index (χ0n) is 10.5. The van der Waals surface area contributed by atoms with E-state index in [9.17, 15) is 4.39 Å². The maximum atomic E-state index is 12.2. The van der Waals surface area contributed by atoms with Crippen LogP contribution in [0.1, 0.15) is 5.56 Å². The summed E-state index contributed by atoms with van der Waals surface area (Å²) in [5.41, 5.74) is 1.61. The Morgan fingerprint density at radius 3 is 2.85 bits per heavy atom. The van der Waals surface area contributed by atoms with Gasteiger partial charge in [-0.3, -0.25) is 0 Å². The molecule has 0 amide bonds. The molecule has 0 aliphatic carbocycles. The number of benzene rings is 1. The number of hydrogen-bond acceptors (Lipinski definition) is 5. The number of nitrogens with one attached hydrogen (secondary N) is 1. The molecule has 3 aromatic rings. The molecule has 0 saturated heterocycles. The van der Waals surface area contributed by atoms with Gasteiger partial charge in [0.25, 0.3) is 5.71 Å². The van der Waals surface area contributed by atoms with E-state index < -0.39 is 6.01 Å². The number of fused-ring (bicyclic) bond motifs is 1. The Morgan fingerprint density at radius 2 is 2.05 bits per heavy atom. The largest absolute Gasteiger partial charge is 0.363 e. The quantitative estimate of drug-likeness (QED) is 0.723. The van der Waals surface area contributed by atoms with Crippen LogP contribution < -0.4 is 5.32 Å². The SMILES string of the molecule is FCSc1ccc(CNc2noc3ncccc23)cc1. The molecule has 0 spiro atoms. The van der Waals surface area contributed by atoms with E-state index in [0.29, 0.717) is 18.1 Å². The third kappa shape index (κ3) is 2.75. The van der Waals surface area contributed by atoms with Gasteiger partial charge in [-0.1, -0.05) is 29.1 Å². The predicted molar refractivity (Wildman–Crippen MR) is 77.4 cm³/mol. The summed E-state index contributed by atoms with van der Waals surface area (Å²) in [6.07, 6.45) is 1.67. The number of thioether (sulfide) groups is 1. The number of rotatable bonds is 5. The molecule has 2 heterocycles. The van der Waals surface area contributed by atoms with Crippen molar-refractivity contribution in [2.24, 2.45) is 0 Å². The first-order chi connectivity index (χ1) is 9.86. The Kier molecular flexibility index (Phi) is 3.83. The predicted octanol–water partition coefficient (Wildman–Crippen LogP) is 3.85. The van der Waals surface area contributed by atoms with Gasteiger partial charge in [-0.25, -0.2) is 9.37 Å². The second-order valence-electron chi connectivity index (χ2n) is 4.14. The van der Waals surface area contributed by atoms with Crippen molar-refractivity contribution in [3.05, 3.63) is 48.2 Å². The van der Waals surface area contributed by atoms with Crippen LogP contribution in [0.25, 0.3) is 11.1 Å². The molecular weight excluding hydrogens is 277 g/mol. The zero-order chi connectivity index (χ0) is 13.8. The molecule has 0 fully saturated rings. The van der Waals surface area contributed by atoms with Crippen LogP contribution in [0.4, 0.5) is 10.2 Å². The third-order valence-corrected chi connectivity index (χ3v) is 3.57. The van der Waals surface area contributed by atoms with Crippen LogP contribution in [0.5, 0.6) is 0 Å². The second kappa shape index (κ2) is 5.92. The monoisotopic (exact) mass is 289 g/mol. The van der Waals surface area contributed by atoms with E-state index >= 15 is 0 Å². The van der Waals surface area contributed by atoms with Gasteiger partial charge in [-0.2, -0.15) is 0 Å². The molecule has 6 heteroatoms. The maximum Gasteiger partial charge on any atom is 0.259 e. The van der Waals surface area contributed by atoms with Crippen LogP contribution >= 0.6 is 11.8 Å². The molecule has 102 valence electrons. The van der Waals surface area contributed by atoms with Crippen molar-refractivity contribution >= 4 is 28.7 Å². The number of anilines is 1. The molecule has 0 radical (unpaired) electrons. The smallest absolute Gasteiger partial charge is 0.259 e. The molecule has 20 heavy (non-hydrogen) atoms. The molecule has 0 saturated carbocycles. The van der Waals surface area contributed by atoms with Gasteiger partial charge in [0.05, 0.1) is 5.39 Å². The van der Waals surface area contributed by atoms with Gasteiger partial charge in [0.15, 0.2) is 5.82 Å². The fourth-order valence-electron chi connectivity index (χ4n) is 1.86. The highest BCUT2D eigenvalue weighted by Crippen LogP contribution is 2.22. The van der Waals surface area contributed by atoms with Gasteiger partial charge >= 0.3 is 0 Å². The van der Waals surface area contributed by atoms with Crippen LogP contribution in [0.3, 0.4) is 0 Å². The number of pyridine rings is 1. The summed E-state index contributed by atoms with van der Waals surface area (Å²) in [7, 11) is 0. The molecular formula is C14H12FN3OS. The molecule has 0 unspecified atom stereocenters. The number of nitrogens with zero attached hydrogens (tertiary/aromatic N) is 2. The van der Waals surface area contributed by atoms with Gasteiger partial charge in [-0.15, -0.1) is 0 Å². The minimum absolute atomic E-state index is 0.407. The summed E-state index contributed by atoms with van der Waals surface area (Å²) >= 11 is 1.18. The molecule has 0 bridgehead atoms. The third-order valence-electron chi connectivity index (χ3n) is 2.85. The van der Waals surface area contributed by atoms with Crippen molar-refractivity contribution in [1.82, 2.24) is 10.1 Å². The highest BCUT2D eigenvalue weighted by Gasteiger charge is 2.07. The van der Waals surface area contributed by atoms with Crippen LogP contribution in [0, 0.1) is 0 Å². The Hall–Kier alpha value is -2.08. The van der Waals surface area contributed by atoms with Crippen molar-refractivity contribution < 1.29 is 8.91 Å². The molecule has 4 nitrogen and oxygen atoms in total. The van der Waals surface area contributed by atoms with E-state index in [1.807, 2.05) is 36.4 Å². The minimum atomic E-state index is -0.407. The Bertz CT molecular complexity index is 699. The van der Waals surface area contributed by atoms with Gasteiger partial charge in [-0.05, 0) is 29.8 Å². The van der Waals surface area contributed by atoms with Gasteiger partial charge in [0.1, 0.15) is 6.01 Å². The van der Waals surface area contributed by atoms with Crippen LogP contribution in [0.2, 0.25) is 0 Å². The normalized spacial score (nSPS) is 10.8. The lowest BCUT2D eigenvalue weighted by atomic mass is 10.2. The fourth-order valence-corrected chi connectivity index (χ4v) is 2.32. The summed E-state index contributed by atoms with van der Waals surface area (Å²) in [6.45, 7) is 0.622. The van der Waals surface area contributed by atoms with E-state index in [0.717, 1.165) is 15.8 Å². The first kappa shape index (κ1) is 12.9. The first-order valence-electron chi connectivity index (χ1n) is 6.09. The number of halogens is 1. The van der Waals surface area contributed by atoms with Crippen molar-refractivity contribution in [1.29, 1.82) is 0 Å². The second-order valence-corrected chi connectivity index (χ2v) is 5.12. The van der Waals surface area contributed by atoms with Crippen molar-refractivity contribution in [3.63, 3.8) is 0 Å². The highest BCUT2D eigenvalue weighted by atomic mass is 32.2. The molecule has 1 aromatic carbocycles. The molecule has 0 aliphatic rings. The molecule has 2 aromatic heterocycles. The highest BCUT2D eigenvalue weighted by molar-refractivity contribution is 7.99. The van der Waals surface area contributed by atoms with Gasteiger partial charge < -0.3 is 9.84 Å². The Labute approximate surface area is 119 Å². The molecule has 0 atom stereocenters. The number of aromatic nitrogens is 2. The van der Waals surface area contributed by atoms with E-state index in [1.165, 1.54) is 11.8 Å². The Morgan fingerprint density at radius 1 is 1.20 bits per heavy atom. The lowest BCUT2D eigenvalue weighted by Crippen LogP contribution is -1.99. The summed E-state index contributed by atoms with van der Waals surface area (Å²) in [5.74, 6) is 0.676. The van der Waals surface area contributed by atoms with E-state index in [-0.39, 0.29) is 0 Å². The van der Waals surface area contributed by atoms with Crippen LogP contribution in [-0.2, 0) is 6.54 Å². The Balaban J connectivity index is 1.69. The van der Waals surface area contributed by atoms with E-state index in [2.05, 4.69) is 15.5 Å². The molecule has 1 N–H and O–H groups in total. The van der Waals surface area contributed by atoms with Crippen molar-refractivity contribution in [2.45, 2.75) is 11.4 Å². The van der Waals surface area contributed by atoms with Crippen LogP contribution in [0.15, 0.2) is 52.0 Å². The lowest BCUT2D eigenvalue weighted by Gasteiger charge is -2.04. The maximum absolute atomic E-state index is 12.2. The lowest BCUT2D eigenvalue weighted by molar-refractivity contribution is 0.451. The van der Waals surface area contributed by atoms with Gasteiger partial charge in [0.2, 0.25) is 0 Å². The van der Waals surface area contributed by atoms with Gasteiger partial charge in [0, 0.05) is 17.6 Å². The summed E-state index contributed by atoms with van der Waals surface area (Å²) in [6, 6.07) is 11.1. The van der Waals surface area contributed by atoms with E-state index in [4.69, 9.17) is 4.52 Å². The standard InChI is InChI=1S/C14H12FN3OS/c15-9-20-11-5-3-10(4-6-11)8-17-13-12-2-1-7-16-14(12)19-18-13/h1-7H,8-9H2,(H,17,18). The average Bonchev–Trinajstić information content (AvgIpc) is 2.90. The van der Waals surface area contributed by atoms with Crippen molar-refractivity contribution in [3.8, 4) is 0 Å². The fraction of sp³-hybridized carbons (Fsp3) is 0.143. The summed E-state index contributed by atoms with van der Waals surface area (Å²) < 4.78 is 17.3.